The molecule has 0 spiro atoms. The highest BCUT2D eigenvalue weighted by Crippen LogP contribution is 2.34. The molecular weight excluding hydrogens is 422 g/mol. The largest absolute Gasteiger partial charge is 0.455 e. The second kappa shape index (κ2) is 10.3. The summed E-state index contributed by atoms with van der Waals surface area (Å²) >= 11 is 0. The molecule has 1 fully saturated rings. The summed E-state index contributed by atoms with van der Waals surface area (Å²) in [5.74, 6) is -0.676. The second-order valence-corrected chi connectivity index (χ2v) is 7.07. The Bertz CT molecular complexity index is 1090. The van der Waals surface area contributed by atoms with Gasteiger partial charge < -0.3 is 24.1 Å². The summed E-state index contributed by atoms with van der Waals surface area (Å²) < 4.78 is 23.7. The molecule has 5 atom stereocenters. The molecule has 2 aromatic rings. The topological polar surface area (TPSA) is 142 Å². The zero-order valence-corrected chi connectivity index (χ0v) is 17.5. The highest BCUT2D eigenvalue weighted by Gasteiger charge is 2.51. The number of benzene rings is 1. The van der Waals surface area contributed by atoms with E-state index in [0.29, 0.717) is 0 Å². The van der Waals surface area contributed by atoms with Gasteiger partial charge in [-0.1, -0.05) is 30.3 Å². The lowest BCUT2D eigenvalue weighted by Crippen LogP contribution is -2.45. The number of carbonyl (C=O) groups is 1. The molecule has 1 N–H and O–H groups in total. The molecule has 0 aliphatic carbocycles. The third-order valence-corrected chi connectivity index (χ3v) is 4.94. The SMILES string of the molecule is CO[C@H]1[C@@H](OC(C)=O)[C@H](n2ccc(=O)n(COCc3ccccc3)c2=O)O[C@@H]1[C@@H](O)C#N. The van der Waals surface area contributed by atoms with Crippen molar-refractivity contribution in [2.45, 2.75) is 50.9 Å². The van der Waals surface area contributed by atoms with Gasteiger partial charge in [-0.05, 0) is 5.56 Å². The molecule has 0 bridgehead atoms. The highest BCUT2D eigenvalue weighted by molar-refractivity contribution is 5.66. The molecule has 1 aliphatic rings. The Labute approximate surface area is 182 Å². The Kier molecular flexibility index (Phi) is 7.55. The summed E-state index contributed by atoms with van der Waals surface area (Å²) in [5.41, 5.74) is -0.518. The van der Waals surface area contributed by atoms with Crippen LogP contribution < -0.4 is 11.2 Å². The number of carbonyl (C=O) groups excluding carboxylic acids is 1. The molecule has 0 amide bonds. The van der Waals surface area contributed by atoms with Crippen molar-refractivity contribution in [2.24, 2.45) is 0 Å². The predicted molar refractivity (Wildman–Crippen MR) is 108 cm³/mol. The Hall–Kier alpha value is -3.30. The van der Waals surface area contributed by atoms with Crippen LogP contribution in [0.1, 0.15) is 18.7 Å². The molecule has 1 saturated heterocycles. The van der Waals surface area contributed by atoms with Crippen LogP contribution in [0.2, 0.25) is 0 Å². The smallest absolute Gasteiger partial charge is 0.335 e. The van der Waals surface area contributed by atoms with Crippen LogP contribution in [0.5, 0.6) is 0 Å². The molecule has 11 nitrogen and oxygen atoms in total. The molecular formula is C21H23N3O8. The molecule has 11 heteroatoms. The summed E-state index contributed by atoms with van der Waals surface area (Å²) in [6, 6.07) is 12.0. The summed E-state index contributed by atoms with van der Waals surface area (Å²) in [4.78, 5) is 37.0. The second-order valence-electron chi connectivity index (χ2n) is 7.07. The maximum Gasteiger partial charge on any atom is 0.335 e. The molecule has 0 radical (unpaired) electrons. The monoisotopic (exact) mass is 445 g/mol. The van der Waals surface area contributed by atoms with E-state index in [4.69, 9.17) is 24.2 Å². The van der Waals surface area contributed by atoms with Gasteiger partial charge in [0.15, 0.2) is 18.4 Å². The van der Waals surface area contributed by atoms with Crippen molar-refractivity contribution in [3.8, 4) is 6.07 Å². The van der Waals surface area contributed by atoms with Crippen LogP contribution in [-0.4, -0.2) is 51.7 Å². The summed E-state index contributed by atoms with van der Waals surface area (Å²) in [5, 5.41) is 19.1. The summed E-state index contributed by atoms with van der Waals surface area (Å²) in [7, 11) is 1.30. The van der Waals surface area contributed by atoms with E-state index in [1.807, 2.05) is 30.3 Å². The van der Waals surface area contributed by atoms with Crippen LogP contribution in [0.3, 0.4) is 0 Å². The maximum absolute atomic E-state index is 13.0. The first-order valence-electron chi connectivity index (χ1n) is 9.74. The van der Waals surface area contributed by atoms with Crippen LogP contribution in [-0.2, 0) is 37.1 Å². The molecule has 1 aromatic heterocycles. The van der Waals surface area contributed by atoms with Gasteiger partial charge in [-0.2, -0.15) is 5.26 Å². The number of ether oxygens (including phenoxy) is 4. The van der Waals surface area contributed by atoms with Crippen molar-refractivity contribution in [2.75, 3.05) is 7.11 Å². The first-order chi connectivity index (χ1) is 15.4. The van der Waals surface area contributed by atoms with E-state index in [-0.39, 0.29) is 13.3 Å². The Balaban J connectivity index is 1.90. The number of methoxy groups -OCH3 is 1. The van der Waals surface area contributed by atoms with E-state index in [0.717, 1.165) is 20.8 Å². The van der Waals surface area contributed by atoms with Crippen molar-refractivity contribution in [1.82, 2.24) is 9.13 Å². The van der Waals surface area contributed by atoms with Crippen LogP contribution in [0.15, 0.2) is 52.2 Å². The van der Waals surface area contributed by atoms with Gasteiger partial charge in [0.2, 0.25) is 0 Å². The normalized spacial score (nSPS) is 23.4. The first kappa shape index (κ1) is 23.4. The maximum atomic E-state index is 13.0. The molecule has 170 valence electrons. The van der Waals surface area contributed by atoms with Gasteiger partial charge in [0.25, 0.3) is 5.56 Å². The number of esters is 1. The van der Waals surface area contributed by atoms with Gasteiger partial charge in [0.1, 0.15) is 18.9 Å². The van der Waals surface area contributed by atoms with Gasteiger partial charge in [-0.15, -0.1) is 0 Å². The van der Waals surface area contributed by atoms with Crippen molar-refractivity contribution >= 4 is 5.97 Å². The zero-order valence-electron chi connectivity index (χ0n) is 17.5. The minimum absolute atomic E-state index is 0.180. The van der Waals surface area contributed by atoms with Gasteiger partial charge in [-0.3, -0.25) is 14.2 Å². The molecule has 1 aromatic carbocycles. The average Bonchev–Trinajstić information content (AvgIpc) is 3.13. The third-order valence-electron chi connectivity index (χ3n) is 4.94. The standard InChI is InChI=1S/C21H23N3O8/c1-13(25)31-19-18(29-2)17(15(26)10-22)32-20(19)23-9-8-16(27)24(21(23)28)12-30-11-14-6-4-3-5-7-14/h3-9,15,17-20,26H,11-12H2,1-2H3/t15-,17+,18+,19+,20+/m0/s1. The summed E-state index contributed by atoms with van der Waals surface area (Å²) in [6.07, 6.45) is -5.03. The number of hydrogen-bond acceptors (Lipinski definition) is 9. The van der Waals surface area contributed by atoms with Crippen LogP contribution in [0, 0.1) is 11.3 Å². The minimum Gasteiger partial charge on any atom is -0.455 e. The molecule has 1 aliphatic heterocycles. The minimum atomic E-state index is -1.60. The Morgan fingerprint density at radius 2 is 1.97 bits per heavy atom. The number of aliphatic hydroxyl groups is 1. The molecule has 2 heterocycles. The van der Waals surface area contributed by atoms with Crippen LogP contribution >= 0.6 is 0 Å². The Morgan fingerprint density at radius 3 is 2.59 bits per heavy atom. The number of aliphatic hydroxyl groups excluding tert-OH is 1. The van der Waals surface area contributed by atoms with E-state index in [9.17, 15) is 19.5 Å². The van der Waals surface area contributed by atoms with E-state index >= 15 is 0 Å². The average molecular weight is 445 g/mol. The number of rotatable bonds is 8. The lowest BCUT2D eigenvalue weighted by molar-refractivity contribution is -0.157. The van der Waals surface area contributed by atoms with E-state index in [2.05, 4.69) is 0 Å². The van der Waals surface area contributed by atoms with Gasteiger partial charge in [0.05, 0.1) is 12.7 Å². The van der Waals surface area contributed by atoms with Crippen LogP contribution in [0.4, 0.5) is 0 Å². The molecule has 3 rings (SSSR count). The van der Waals surface area contributed by atoms with E-state index in [1.165, 1.54) is 20.2 Å². The Morgan fingerprint density at radius 1 is 1.25 bits per heavy atom. The molecule has 0 unspecified atom stereocenters. The summed E-state index contributed by atoms with van der Waals surface area (Å²) in [6.45, 7) is 1.02. The lowest BCUT2D eigenvalue weighted by atomic mass is 10.1. The van der Waals surface area contributed by atoms with Crippen molar-refractivity contribution in [1.29, 1.82) is 5.26 Å². The van der Waals surface area contributed by atoms with E-state index in [1.54, 1.807) is 6.07 Å². The predicted octanol–water partition coefficient (Wildman–Crippen LogP) is -0.0871. The highest BCUT2D eigenvalue weighted by atomic mass is 16.6. The van der Waals surface area contributed by atoms with Crippen LogP contribution in [0.25, 0.3) is 0 Å². The lowest BCUT2D eigenvalue weighted by Gasteiger charge is -2.23. The van der Waals surface area contributed by atoms with E-state index < -0.39 is 47.9 Å². The number of nitriles is 1. The fourth-order valence-corrected chi connectivity index (χ4v) is 3.47. The number of hydrogen-bond donors (Lipinski definition) is 1. The van der Waals surface area contributed by atoms with Crippen molar-refractivity contribution in [3.05, 3.63) is 69.0 Å². The quantitative estimate of drug-likeness (QED) is 0.436. The fourth-order valence-electron chi connectivity index (χ4n) is 3.47. The number of nitrogens with zero attached hydrogens (tertiary/aromatic N) is 3. The molecule has 32 heavy (non-hydrogen) atoms. The number of aromatic nitrogens is 2. The third kappa shape index (κ3) is 4.95. The first-order valence-corrected chi connectivity index (χ1v) is 9.74. The van der Waals surface area contributed by atoms with Gasteiger partial charge in [-0.25, -0.2) is 9.36 Å². The molecule has 0 saturated carbocycles. The van der Waals surface area contributed by atoms with Gasteiger partial charge in [0, 0.05) is 26.3 Å². The van der Waals surface area contributed by atoms with Crippen molar-refractivity contribution < 1.29 is 28.8 Å². The zero-order chi connectivity index (χ0) is 23.3. The van der Waals surface area contributed by atoms with Gasteiger partial charge >= 0.3 is 11.7 Å². The van der Waals surface area contributed by atoms with Crippen molar-refractivity contribution in [3.63, 3.8) is 0 Å². The fraction of sp³-hybridized carbons (Fsp3) is 0.429.